The predicted molar refractivity (Wildman–Crippen MR) is 52.7 cm³/mol. The highest BCUT2D eigenvalue weighted by molar-refractivity contribution is 9.10. The molecule has 0 spiro atoms. The normalized spacial score (nSPS) is 11.3. The van der Waals surface area contributed by atoms with Gasteiger partial charge >= 0.3 is 12.1 Å². The van der Waals surface area contributed by atoms with Crippen molar-refractivity contribution < 1.29 is 22.7 Å². The van der Waals surface area contributed by atoms with Crippen molar-refractivity contribution in [1.82, 2.24) is 4.98 Å². The first-order valence-corrected chi connectivity index (χ1v) is 4.93. The number of aromatic nitrogens is 1. The third-order valence-electron chi connectivity index (χ3n) is 1.84. The lowest BCUT2D eigenvalue weighted by molar-refractivity contribution is -0.141. The van der Waals surface area contributed by atoms with E-state index < -0.39 is 24.1 Å². The third kappa shape index (κ3) is 2.94. The minimum absolute atomic E-state index is 0.166. The van der Waals surface area contributed by atoms with E-state index in [9.17, 15) is 18.0 Å². The Hall–Kier alpha value is -1.11. The molecule has 0 radical (unpaired) electrons. The average Bonchev–Trinajstić information content (AvgIpc) is 2.15. The van der Waals surface area contributed by atoms with E-state index in [4.69, 9.17) is 0 Å². The molecule has 1 heterocycles. The van der Waals surface area contributed by atoms with Crippen LogP contribution in [0.15, 0.2) is 16.9 Å². The molecule has 0 atom stereocenters. The summed E-state index contributed by atoms with van der Waals surface area (Å²) in [5, 5.41) is 0. The summed E-state index contributed by atoms with van der Waals surface area (Å²) in [6, 6.07) is 1.14. The summed E-state index contributed by atoms with van der Waals surface area (Å²) in [7, 11) is 1.12. The number of pyridine rings is 1. The molecule has 1 aromatic rings. The highest BCUT2D eigenvalue weighted by Crippen LogP contribution is 2.36. The van der Waals surface area contributed by atoms with Gasteiger partial charge in [0.1, 0.15) is 4.60 Å². The van der Waals surface area contributed by atoms with Crippen molar-refractivity contribution in [3.05, 3.63) is 28.0 Å². The zero-order valence-corrected chi connectivity index (χ0v) is 9.72. The Bertz CT molecular complexity index is 406. The van der Waals surface area contributed by atoms with Crippen molar-refractivity contribution in [2.45, 2.75) is 12.6 Å². The number of carbonyl (C=O) groups is 1. The van der Waals surface area contributed by atoms with Crippen LogP contribution in [0.25, 0.3) is 0 Å². The first kappa shape index (κ1) is 13.0. The fraction of sp³-hybridized carbons (Fsp3) is 0.333. The van der Waals surface area contributed by atoms with Gasteiger partial charge in [0.2, 0.25) is 0 Å². The van der Waals surface area contributed by atoms with E-state index in [0.717, 1.165) is 13.2 Å². The number of rotatable bonds is 2. The summed E-state index contributed by atoms with van der Waals surface area (Å²) in [4.78, 5) is 14.4. The number of halogens is 4. The van der Waals surface area contributed by atoms with Crippen molar-refractivity contribution in [3.63, 3.8) is 0 Å². The average molecular weight is 298 g/mol. The molecule has 7 heteroatoms. The van der Waals surface area contributed by atoms with Gasteiger partial charge in [0.15, 0.2) is 0 Å². The third-order valence-corrected chi connectivity index (χ3v) is 2.44. The monoisotopic (exact) mass is 297 g/mol. The topological polar surface area (TPSA) is 39.2 Å². The van der Waals surface area contributed by atoms with E-state index in [1.807, 2.05) is 0 Å². The number of ether oxygens (including phenoxy) is 1. The van der Waals surface area contributed by atoms with E-state index in [2.05, 4.69) is 25.7 Å². The highest BCUT2D eigenvalue weighted by Gasteiger charge is 2.36. The minimum atomic E-state index is -4.56. The molecule has 0 amide bonds. The predicted octanol–water partition coefficient (Wildman–Crippen LogP) is 2.58. The van der Waals surface area contributed by atoms with Crippen LogP contribution in [0.2, 0.25) is 0 Å². The quantitative estimate of drug-likeness (QED) is 0.622. The first-order valence-electron chi connectivity index (χ1n) is 4.13. The standard InChI is InChI=1S/C9H7BrF3NO2/c1-16-6(15)4-5-2-3-14-8(10)7(5)9(11,12)13/h2-3H,4H2,1H3. The lowest BCUT2D eigenvalue weighted by Crippen LogP contribution is -2.14. The number of hydrogen-bond donors (Lipinski definition) is 0. The van der Waals surface area contributed by atoms with Gasteiger partial charge in [0.05, 0.1) is 19.1 Å². The van der Waals surface area contributed by atoms with Crippen LogP contribution < -0.4 is 0 Å². The maximum absolute atomic E-state index is 12.6. The zero-order valence-electron chi connectivity index (χ0n) is 8.14. The minimum Gasteiger partial charge on any atom is -0.469 e. The molecular weight excluding hydrogens is 291 g/mol. The van der Waals surface area contributed by atoms with Crippen molar-refractivity contribution in [3.8, 4) is 0 Å². The molecule has 0 fully saturated rings. The molecule has 0 saturated heterocycles. The number of methoxy groups -OCH3 is 1. The summed E-state index contributed by atoms with van der Waals surface area (Å²) in [6.45, 7) is 0. The smallest absolute Gasteiger partial charge is 0.419 e. The van der Waals surface area contributed by atoms with Crippen molar-refractivity contribution in [1.29, 1.82) is 0 Å². The Labute approximate surface area is 97.8 Å². The molecule has 1 aromatic heterocycles. The van der Waals surface area contributed by atoms with Crippen LogP contribution in [0.3, 0.4) is 0 Å². The number of nitrogens with zero attached hydrogens (tertiary/aromatic N) is 1. The second-order valence-corrected chi connectivity index (χ2v) is 3.64. The molecule has 16 heavy (non-hydrogen) atoms. The van der Waals surface area contributed by atoms with Gasteiger partial charge in [-0.3, -0.25) is 4.79 Å². The molecule has 3 nitrogen and oxygen atoms in total. The fourth-order valence-electron chi connectivity index (χ4n) is 1.15. The van der Waals surface area contributed by atoms with Crippen molar-refractivity contribution in [2.75, 3.05) is 7.11 Å². The number of alkyl halides is 3. The van der Waals surface area contributed by atoms with Gasteiger partial charge in [-0.15, -0.1) is 0 Å². The second-order valence-electron chi connectivity index (χ2n) is 2.89. The van der Waals surface area contributed by atoms with E-state index in [1.54, 1.807) is 0 Å². The van der Waals surface area contributed by atoms with Gasteiger partial charge < -0.3 is 4.74 Å². The van der Waals surface area contributed by atoms with Crippen molar-refractivity contribution in [2.24, 2.45) is 0 Å². The van der Waals surface area contributed by atoms with E-state index in [1.165, 1.54) is 6.20 Å². The van der Waals surface area contributed by atoms with Gasteiger partial charge in [0, 0.05) is 6.20 Å². The molecule has 0 aliphatic heterocycles. The van der Waals surface area contributed by atoms with Crippen LogP contribution in [-0.2, 0) is 22.1 Å². The van der Waals surface area contributed by atoms with Crippen LogP contribution in [0, 0.1) is 0 Å². The lowest BCUT2D eigenvalue weighted by atomic mass is 10.1. The Morgan fingerprint density at radius 2 is 2.19 bits per heavy atom. The summed E-state index contributed by atoms with van der Waals surface area (Å²) < 4.78 is 41.9. The number of carbonyl (C=O) groups excluding carboxylic acids is 1. The lowest BCUT2D eigenvalue weighted by Gasteiger charge is -2.12. The van der Waals surface area contributed by atoms with E-state index in [0.29, 0.717) is 0 Å². The maximum Gasteiger partial charge on any atom is 0.419 e. The molecular formula is C9H7BrF3NO2. The molecule has 0 unspecified atom stereocenters. The number of esters is 1. The van der Waals surface area contributed by atoms with Crippen LogP contribution in [0.4, 0.5) is 13.2 Å². The van der Waals surface area contributed by atoms with Gasteiger partial charge in [-0.1, -0.05) is 0 Å². The molecule has 0 saturated carbocycles. The maximum atomic E-state index is 12.6. The van der Waals surface area contributed by atoms with Crippen LogP contribution >= 0.6 is 15.9 Å². The Balaban J connectivity index is 3.18. The summed E-state index contributed by atoms with van der Waals surface area (Å²) >= 11 is 2.71. The Morgan fingerprint density at radius 3 is 2.69 bits per heavy atom. The molecule has 0 aliphatic rings. The highest BCUT2D eigenvalue weighted by atomic mass is 79.9. The Morgan fingerprint density at radius 1 is 1.56 bits per heavy atom. The molecule has 0 N–H and O–H groups in total. The molecule has 88 valence electrons. The van der Waals surface area contributed by atoms with Gasteiger partial charge in [-0.2, -0.15) is 13.2 Å². The SMILES string of the molecule is COC(=O)Cc1ccnc(Br)c1C(F)(F)F. The molecule has 0 bridgehead atoms. The number of hydrogen-bond acceptors (Lipinski definition) is 3. The molecule has 0 aliphatic carbocycles. The molecule has 1 rings (SSSR count). The van der Waals surface area contributed by atoms with E-state index in [-0.39, 0.29) is 10.2 Å². The van der Waals surface area contributed by atoms with Crippen molar-refractivity contribution >= 4 is 21.9 Å². The van der Waals surface area contributed by atoms with Crippen LogP contribution in [0.5, 0.6) is 0 Å². The second kappa shape index (κ2) is 4.82. The van der Waals surface area contributed by atoms with Gasteiger partial charge in [0.25, 0.3) is 0 Å². The molecule has 0 aromatic carbocycles. The van der Waals surface area contributed by atoms with Crippen LogP contribution in [0.1, 0.15) is 11.1 Å². The first-order chi connectivity index (χ1) is 7.36. The van der Waals surface area contributed by atoms with Gasteiger partial charge in [-0.25, -0.2) is 4.98 Å². The van der Waals surface area contributed by atoms with Gasteiger partial charge in [-0.05, 0) is 27.6 Å². The Kier molecular flexibility index (Phi) is 3.90. The van der Waals surface area contributed by atoms with E-state index >= 15 is 0 Å². The zero-order chi connectivity index (χ0) is 12.3. The van der Waals surface area contributed by atoms with Crippen LogP contribution in [-0.4, -0.2) is 18.1 Å². The summed E-state index contributed by atoms with van der Waals surface area (Å²) in [5.41, 5.74) is -1.11. The summed E-state index contributed by atoms with van der Waals surface area (Å²) in [5.74, 6) is -0.733. The largest absolute Gasteiger partial charge is 0.469 e. The fourth-order valence-corrected chi connectivity index (χ4v) is 1.74. The summed E-state index contributed by atoms with van der Waals surface area (Å²) in [6.07, 6.45) is -3.81.